The summed E-state index contributed by atoms with van der Waals surface area (Å²) in [7, 11) is 0. The van der Waals surface area contributed by atoms with Gasteiger partial charge in [-0.1, -0.05) is 52.4 Å². The summed E-state index contributed by atoms with van der Waals surface area (Å²) in [5, 5.41) is 8.74. The van der Waals surface area contributed by atoms with Gasteiger partial charge in [0, 0.05) is 0 Å². The molecule has 1 rings (SSSR count). The molecule has 1 heterocycles. The summed E-state index contributed by atoms with van der Waals surface area (Å²) in [6.45, 7) is 5.02. The first-order valence-corrected chi connectivity index (χ1v) is 7.18. The van der Waals surface area contributed by atoms with Crippen molar-refractivity contribution >= 4 is 6.16 Å². The molecule has 4 heteroatoms. The molecule has 0 spiro atoms. The number of carboxylic acid groups (broad SMARTS) is 1. The summed E-state index contributed by atoms with van der Waals surface area (Å²) in [5.41, 5.74) is 0. The zero-order valence-corrected chi connectivity index (χ0v) is 11.6. The van der Waals surface area contributed by atoms with Crippen LogP contribution in [0, 0.1) is 5.92 Å². The van der Waals surface area contributed by atoms with Crippen LogP contribution < -0.4 is 0 Å². The molecule has 3 atom stereocenters. The molecule has 0 aromatic rings. The fraction of sp³-hybridized carbons (Fsp3) is 0.929. The summed E-state index contributed by atoms with van der Waals surface area (Å²) < 4.78 is 10.1. The Labute approximate surface area is 110 Å². The van der Waals surface area contributed by atoms with E-state index in [1.165, 1.54) is 25.7 Å². The number of hydrogen-bond acceptors (Lipinski definition) is 3. The lowest BCUT2D eigenvalue weighted by Gasteiger charge is -2.21. The van der Waals surface area contributed by atoms with Crippen molar-refractivity contribution in [3.05, 3.63) is 0 Å². The normalized spacial score (nSPS) is 21.3. The molecule has 1 aliphatic heterocycles. The molecule has 18 heavy (non-hydrogen) atoms. The average molecular weight is 258 g/mol. The summed E-state index contributed by atoms with van der Waals surface area (Å²) in [4.78, 5) is 10.7. The van der Waals surface area contributed by atoms with E-state index in [1.54, 1.807) is 0 Å². The monoisotopic (exact) mass is 258 g/mol. The number of rotatable bonds is 10. The van der Waals surface area contributed by atoms with Crippen LogP contribution in [-0.2, 0) is 9.47 Å². The molecular formula is C14H26O4. The van der Waals surface area contributed by atoms with Gasteiger partial charge in [0.05, 0.1) is 6.61 Å². The van der Waals surface area contributed by atoms with Gasteiger partial charge in [-0.15, -0.1) is 0 Å². The van der Waals surface area contributed by atoms with E-state index in [0.29, 0.717) is 12.5 Å². The lowest BCUT2D eigenvalue weighted by molar-refractivity contribution is 0.0261. The van der Waals surface area contributed by atoms with Crippen LogP contribution in [0.15, 0.2) is 0 Å². The lowest BCUT2D eigenvalue weighted by atomic mass is 9.90. The Kier molecular flexibility index (Phi) is 7.09. The van der Waals surface area contributed by atoms with Gasteiger partial charge in [-0.3, -0.25) is 0 Å². The minimum Gasteiger partial charge on any atom is -0.450 e. The van der Waals surface area contributed by atoms with Crippen LogP contribution in [0.3, 0.4) is 0 Å². The molecule has 0 aromatic heterocycles. The Morgan fingerprint density at radius 2 is 2.06 bits per heavy atom. The first kappa shape index (κ1) is 15.3. The van der Waals surface area contributed by atoms with E-state index in [2.05, 4.69) is 13.8 Å². The van der Waals surface area contributed by atoms with E-state index < -0.39 is 6.16 Å². The molecule has 0 amide bonds. The van der Waals surface area contributed by atoms with E-state index in [9.17, 15) is 4.79 Å². The van der Waals surface area contributed by atoms with Crippen LogP contribution in [0.25, 0.3) is 0 Å². The first-order chi connectivity index (χ1) is 8.67. The minimum absolute atomic E-state index is 0.00614. The number of hydrogen-bond donors (Lipinski definition) is 1. The maximum atomic E-state index is 10.7. The molecule has 1 aliphatic rings. The molecule has 0 radical (unpaired) electrons. The minimum atomic E-state index is -1.18. The quantitative estimate of drug-likeness (QED) is 0.367. The Bertz CT molecular complexity index is 238. The van der Waals surface area contributed by atoms with E-state index in [-0.39, 0.29) is 12.2 Å². The molecule has 0 aliphatic carbocycles. The van der Waals surface area contributed by atoms with E-state index >= 15 is 0 Å². The molecule has 1 fully saturated rings. The van der Waals surface area contributed by atoms with Crippen molar-refractivity contribution in [2.75, 3.05) is 6.61 Å². The number of ether oxygens (including phenoxy) is 2. The van der Waals surface area contributed by atoms with Crippen molar-refractivity contribution in [3.8, 4) is 0 Å². The van der Waals surface area contributed by atoms with Gasteiger partial charge in [0.1, 0.15) is 12.2 Å². The Morgan fingerprint density at radius 3 is 2.56 bits per heavy atom. The Hall–Kier alpha value is -0.770. The zero-order valence-electron chi connectivity index (χ0n) is 11.6. The van der Waals surface area contributed by atoms with Crippen molar-refractivity contribution in [2.24, 2.45) is 5.92 Å². The van der Waals surface area contributed by atoms with Crippen LogP contribution in [0.5, 0.6) is 0 Å². The van der Waals surface area contributed by atoms with Crippen molar-refractivity contribution in [2.45, 2.75) is 71.0 Å². The van der Waals surface area contributed by atoms with Crippen LogP contribution in [0.1, 0.15) is 58.8 Å². The highest BCUT2D eigenvalue weighted by molar-refractivity contribution is 5.57. The van der Waals surface area contributed by atoms with Crippen LogP contribution in [0.2, 0.25) is 0 Å². The molecule has 3 unspecified atom stereocenters. The smallest absolute Gasteiger partial charge is 0.450 e. The van der Waals surface area contributed by atoms with Crippen LogP contribution >= 0.6 is 0 Å². The van der Waals surface area contributed by atoms with Gasteiger partial charge in [0.2, 0.25) is 0 Å². The third-order valence-electron chi connectivity index (χ3n) is 3.50. The second-order valence-electron chi connectivity index (χ2n) is 5.18. The van der Waals surface area contributed by atoms with Gasteiger partial charge in [-0.25, -0.2) is 4.79 Å². The first-order valence-electron chi connectivity index (χ1n) is 7.18. The van der Waals surface area contributed by atoms with E-state index in [4.69, 9.17) is 14.6 Å². The zero-order chi connectivity index (χ0) is 13.4. The molecule has 0 bridgehead atoms. The van der Waals surface area contributed by atoms with Crippen molar-refractivity contribution in [1.82, 2.24) is 0 Å². The van der Waals surface area contributed by atoms with Gasteiger partial charge >= 0.3 is 6.16 Å². The van der Waals surface area contributed by atoms with Crippen molar-refractivity contribution < 1.29 is 19.4 Å². The average Bonchev–Trinajstić information content (AvgIpc) is 3.11. The molecule has 1 N–H and O–H groups in total. The third-order valence-corrected chi connectivity index (χ3v) is 3.50. The highest BCUT2D eigenvalue weighted by Crippen LogP contribution is 2.28. The second-order valence-corrected chi connectivity index (χ2v) is 5.18. The highest BCUT2D eigenvalue weighted by atomic mass is 16.7. The van der Waals surface area contributed by atoms with Crippen molar-refractivity contribution in [1.29, 1.82) is 0 Å². The van der Waals surface area contributed by atoms with Gasteiger partial charge in [0.15, 0.2) is 0 Å². The number of carbonyl (C=O) groups is 1. The van der Waals surface area contributed by atoms with E-state index in [1.807, 2.05) is 0 Å². The summed E-state index contributed by atoms with van der Waals surface area (Å²) >= 11 is 0. The van der Waals surface area contributed by atoms with Gasteiger partial charge in [-0.2, -0.15) is 0 Å². The fourth-order valence-electron chi connectivity index (χ4n) is 2.48. The van der Waals surface area contributed by atoms with Crippen molar-refractivity contribution in [3.63, 3.8) is 0 Å². The van der Waals surface area contributed by atoms with Crippen LogP contribution in [-0.4, -0.2) is 30.1 Å². The maximum absolute atomic E-state index is 10.7. The lowest BCUT2D eigenvalue weighted by Crippen LogP contribution is -2.26. The fourth-order valence-corrected chi connectivity index (χ4v) is 2.48. The largest absolute Gasteiger partial charge is 0.506 e. The maximum Gasteiger partial charge on any atom is 0.506 e. The predicted molar refractivity (Wildman–Crippen MR) is 69.8 cm³/mol. The molecule has 1 saturated heterocycles. The highest BCUT2D eigenvalue weighted by Gasteiger charge is 2.37. The summed E-state index contributed by atoms with van der Waals surface area (Å²) in [5.74, 6) is 0.565. The van der Waals surface area contributed by atoms with E-state index in [0.717, 1.165) is 19.3 Å². The van der Waals surface area contributed by atoms with Gasteiger partial charge in [-0.05, 0) is 12.3 Å². The molecule has 4 nitrogen and oxygen atoms in total. The Balaban J connectivity index is 2.37. The molecule has 0 saturated carbocycles. The molecule has 0 aromatic carbocycles. The van der Waals surface area contributed by atoms with Crippen LogP contribution in [0.4, 0.5) is 4.79 Å². The topological polar surface area (TPSA) is 59.1 Å². The van der Waals surface area contributed by atoms with Gasteiger partial charge in [0.25, 0.3) is 0 Å². The summed E-state index contributed by atoms with van der Waals surface area (Å²) in [6, 6.07) is 0. The number of epoxide rings is 1. The third kappa shape index (κ3) is 6.24. The predicted octanol–water partition coefficient (Wildman–Crippen LogP) is 3.84. The molecule has 106 valence electrons. The SMILES string of the molecule is CCCCCC(CCC)CC(OC(=O)O)C1CO1. The molecular weight excluding hydrogens is 232 g/mol. The summed E-state index contributed by atoms with van der Waals surface area (Å²) in [6.07, 6.45) is 6.54. The standard InChI is InChI=1S/C14H26O4/c1-3-5-6-8-11(7-4-2)9-12(13-10-17-13)18-14(15)16/h11-13H,3-10H2,1-2H3,(H,15,16). The van der Waals surface area contributed by atoms with Gasteiger partial charge < -0.3 is 14.6 Å². The second kappa shape index (κ2) is 8.35. The number of unbranched alkanes of at least 4 members (excludes halogenated alkanes) is 2. The Morgan fingerprint density at radius 1 is 1.33 bits per heavy atom.